The van der Waals surface area contributed by atoms with E-state index in [1.807, 2.05) is 0 Å². The summed E-state index contributed by atoms with van der Waals surface area (Å²) >= 11 is 0. The zero-order valence-electron chi connectivity index (χ0n) is 19.3. The summed E-state index contributed by atoms with van der Waals surface area (Å²) in [6.07, 6.45) is 11.7. The molecule has 0 atom stereocenters. The molecule has 0 bridgehead atoms. The van der Waals surface area contributed by atoms with Crippen molar-refractivity contribution in [3.63, 3.8) is 0 Å². The van der Waals surface area contributed by atoms with E-state index in [4.69, 9.17) is 4.74 Å². The van der Waals surface area contributed by atoms with E-state index in [2.05, 4.69) is 13.8 Å². The maximum Gasteiger partial charge on any atom is 0.346 e. The van der Waals surface area contributed by atoms with Crippen molar-refractivity contribution < 1.29 is 22.7 Å². The van der Waals surface area contributed by atoms with E-state index in [0.29, 0.717) is 6.42 Å². The normalized spacial score (nSPS) is 11.0. The molecule has 0 aromatic heterocycles. The number of benzene rings is 2. The largest absolute Gasteiger partial charge is 0.420 e. The van der Waals surface area contributed by atoms with Crippen LogP contribution in [0.1, 0.15) is 99.5 Å². The van der Waals surface area contributed by atoms with Crippen LogP contribution in [0.5, 0.6) is 5.75 Å². The number of ether oxygens (including phenoxy) is 1. The highest BCUT2D eigenvalue weighted by Gasteiger charge is 2.20. The average Bonchev–Trinajstić information content (AvgIpc) is 2.78. The fraction of sp³-hybridized carbons (Fsp3) is 0.519. The predicted molar refractivity (Wildman–Crippen MR) is 123 cm³/mol. The molecular formula is C27H35F3O2. The van der Waals surface area contributed by atoms with Crippen LogP contribution in [0.4, 0.5) is 13.2 Å². The second-order valence-corrected chi connectivity index (χ2v) is 8.38. The van der Waals surface area contributed by atoms with Crippen molar-refractivity contribution in [2.24, 2.45) is 0 Å². The van der Waals surface area contributed by atoms with E-state index >= 15 is 0 Å². The van der Waals surface area contributed by atoms with Gasteiger partial charge in [-0.1, -0.05) is 77.3 Å². The molecule has 32 heavy (non-hydrogen) atoms. The third-order valence-electron chi connectivity index (χ3n) is 5.70. The Kier molecular flexibility index (Phi) is 11.3. The Balaban J connectivity index is 1.96. The number of carbonyl (C=O) groups is 1. The molecule has 0 heterocycles. The molecule has 0 saturated heterocycles. The zero-order valence-corrected chi connectivity index (χ0v) is 19.3. The highest BCUT2D eigenvalue weighted by atomic mass is 19.2. The van der Waals surface area contributed by atoms with E-state index in [1.165, 1.54) is 30.7 Å². The van der Waals surface area contributed by atoms with Crippen LogP contribution < -0.4 is 4.74 Å². The molecule has 0 fully saturated rings. The molecule has 176 valence electrons. The molecule has 2 nitrogen and oxygen atoms in total. The van der Waals surface area contributed by atoms with Gasteiger partial charge >= 0.3 is 5.97 Å². The zero-order chi connectivity index (χ0) is 23.3. The lowest BCUT2D eigenvalue weighted by Gasteiger charge is -2.10. The number of rotatable bonds is 14. The van der Waals surface area contributed by atoms with Gasteiger partial charge in [0, 0.05) is 0 Å². The second-order valence-electron chi connectivity index (χ2n) is 8.38. The number of esters is 1. The number of carbonyl (C=O) groups excluding carboxylic acids is 1. The van der Waals surface area contributed by atoms with E-state index in [0.717, 1.165) is 69.8 Å². The minimum atomic E-state index is -1.21. The Morgan fingerprint density at radius 1 is 0.750 bits per heavy atom. The first kappa shape index (κ1) is 26.0. The fourth-order valence-electron chi connectivity index (χ4n) is 3.73. The fourth-order valence-corrected chi connectivity index (χ4v) is 3.73. The van der Waals surface area contributed by atoms with Gasteiger partial charge in [-0.15, -0.1) is 0 Å². The summed E-state index contributed by atoms with van der Waals surface area (Å²) < 4.78 is 48.2. The summed E-state index contributed by atoms with van der Waals surface area (Å²) in [5.74, 6) is -4.51. The Morgan fingerprint density at radius 2 is 1.38 bits per heavy atom. The van der Waals surface area contributed by atoms with Gasteiger partial charge in [-0.05, 0) is 55.0 Å². The molecule has 0 radical (unpaired) electrons. The Labute approximate surface area is 190 Å². The van der Waals surface area contributed by atoms with Crippen LogP contribution in [0.3, 0.4) is 0 Å². The standard InChI is InChI=1S/C27H35F3O2/c1-3-5-7-9-11-13-20-15-17-22(23(28)19-20)27(31)32-24-18-16-21(25(29)26(24)30)14-12-10-8-6-4-2/h15-19H,3-14H2,1-2H3. The first-order valence-corrected chi connectivity index (χ1v) is 11.9. The first-order chi connectivity index (χ1) is 15.5. The lowest BCUT2D eigenvalue weighted by molar-refractivity contribution is 0.0721. The first-order valence-electron chi connectivity index (χ1n) is 11.9. The van der Waals surface area contributed by atoms with Gasteiger partial charge in [-0.2, -0.15) is 4.39 Å². The highest BCUT2D eigenvalue weighted by Crippen LogP contribution is 2.25. The van der Waals surface area contributed by atoms with Crippen LogP contribution in [0.2, 0.25) is 0 Å². The van der Waals surface area contributed by atoms with Crippen LogP contribution in [0.25, 0.3) is 0 Å². The topological polar surface area (TPSA) is 26.3 Å². The second kappa shape index (κ2) is 14.0. The summed E-state index contributed by atoms with van der Waals surface area (Å²) in [5, 5.41) is 0. The van der Waals surface area contributed by atoms with Crippen molar-refractivity contribution in [3.05, 3.63) is 64.5 Å². The maximum atomic E-state index is 14.4. The molecule has 2 aromatic rings. The summed E-state index contributed by atoms with van der Waals surface area (Å²) in [4.78, 5) is 12.3. The molecule has 2 rings (SSSR count). The van der Waals surface area contributed by atoms with Gasteiger partial charge in [-0.25, -0.2) is 13.6 Å². The molecule has 0 amide bonds. The number of hydrogen-bond donors (Lipinski definition) is 0. The monoisotopic (exact) mass is 448 g/mol. The van der Waals surface area contributed by atoms with Gasteiger partial charge in [0.2, 0.25) is 5.82 Å². The molecule has 0 aliphatic rings. The minimum Gasteiger partial charge on any atom is -0.420 e. The third kappa shape index (κ3) is 7.99. The van der Waals surface area contributed by atoms with Crippen LogP contribution in [0.15, 0.2) is 30.3 Å². The molecular weight excluding hydrogens is 413 g/mol. The van der Waals surface area contributed by atoms with Gasteiger partial charge in [0.15, 0.2) is 11.6 Å². The van der Waals surface area contributed by atoms with Gasteiger partial charge in [0.05, 0.1) is 5.56 Å². The lowest BCUT2D eigenvalue weighted by atomic mass is 10.0. The van der Waals surface area contributed by atoms with Gasteiger partial charge in [0.25, 0.3) is 0 Å². The molecule has 0 unspecified atom stereocenters. The maximum absolute atomic E-state index is 14.4. The highest BCUT2D eigenvalue weighted by molar-refractivity contribution is 5.91. The molecule has 2 aromatic carbocycles. The van der Waals surface area contributed by atoms with Crippen LogP contribution in [0, 0.1) is 17.5 Å². The van der Waals surface area contributed by atoms with Crippen LogP contribution >= 0.6 is 0 Å². The third-order valence-corrected chi connectivity index (χ3v) is 5.70. The molecule has 0 N–H and O–H groups in total. The van der Waals surface area contributed by atoms with Crippen LogP contribution in [-0.4, -0.2) is 5.97 Å². The van der Waals surface area contributed by atoms with Crippen molar-refractivity contribution in [1.82, 2.24) is 0 Å². The molecule has 0 aliphatic heterocycles. The van der Waals surface area contributed by atoms with Crippen molar-refractivity contribution in [2.45, 2.75) is 90.9 Å². The number of unbranched alkanes of at least 4 members (excludes halogenated alkanes) is 8. The average molecular weight is 449 g/mol. The van der Waals surface area contributed by atoms with E-state index in [-0.39, 0.29) is 11.1 Å². The van der Waals surface area contributed by atoms with Gasteiger partial charge < -0.3 is 4.74 Å². The SMILES string of the molecule is CCCCCCCc1ccc(C(=O)Oc2ccc(CCCCCCC)c(F)c2F)c(F)c1. The van der Waals surface area contributed by atoms with E-state index in [1.54, 1.807) is 6.07 Å². The molecule has 0 aliphatic carbocycles. The van der Waals surface area contributed by atoms with Crippen molar-refractivity contribution in [3.8, 4) is 5.75 Å². The quantitative estimate of drug-likeness (QED) is 0.165. The Hall–Kier alpha value is -2.30. The van der Waals surface area contributed by atoms with Crippen LogP contribution in [-0.2, 0) is 12.8 Å². The van der Waals surface area contributed by atoms with Crippen molar-refractivity contribution >= 4 is 5.97 Å². The van der Waals surface area contributed by atoms with Crippen molar-refractivity contribution in [2.75, 3.05) is 0 Å². The van der Waals surface area contributed by atoms with E-state index in [9.17, 15) is 18.0 Å². The van der Waals surface area contributed by atoms with Gasteiger partial charge in [0.1, 0.15) is 5.82 Å². The lowest BCUT2D eigenvalue weighted by Crippen LogP contribution is -2.13. The minimum absolute atomic E-state index is 0.258. The summed E-state index contributed by atoms with van der Waals surface area (Å²) in [5.41, 5.74) is 0.767. The Bertz CT molecular complexity index is 864. The van der Waals surface area contributed by atoms with E-state index < -0.39 is 29.2 Å². The smallest absolute Gasteiger partial charge is 0.346 e. The molecule has 5 heteroatoms. The summed E-state index contributed by atoms with van der Waals surface area (Å²) in [7, 11) is 0. The Morgan fingerprint density at radius 3 is 2.00 bits per heavy atom. The molecule has 0 spiro atoms. The summed E-state index contributed by atoms with van der Waals surface area (Å²) in [6, 6.07) is 7.00. The number of halogens is 3. The molecule has 0 saturated carbocycles. The summed E-state index contributed by atoms with van der Waals surface area (Å²) in [6.45, 7) is 4.27. The number of hydrogen-bond acceptors (Lipinski definition) is 2. The van der Waals surface area contributed by atoms with Crippen molar-refractivity contribution in [1.29, 1.82) is 0 Å². The van der Waals surface area contributed by atoms with Gasteiger partial charge in [-0.3, -0.25) is 0 Å². The predicted octanol–water partition coefficient (Wildman–Crippen LogP) is 8.35. The number of aryl methyl sites for hydroxylation is 2.